The molecule has 3 rings (SSSR count). The van der Waals surface area contributed by atoms with Crippen molar-refractivity contribution in [3.05, 3.63) is 46.2 Å². The molecule has 0 unspecified atom stereocenters. The lowest BCUT2D eigenvalue weighted by atomic mass is 10.1. The van der Waals surface area contributed by atoms with Crippen LogP contribution in [0.1, 0.15) is 15.9 Å². The molecule has 1 aromatic carbocycles. The van der Waals surface area contributed by atoms with Gasteiger partial charge in [-0.05, 0) is 40.5 Å². The zero-order valence-electron chi connectivity index (χ0n) is 13.1. The van der Waals surface area contributed by atoms with Crippen LogP contribution in [0.25, 0.3) is 5.78 Å². The van der Waals surface area contributed by atoms with E-state index in [0.29, 0.717) is 5.56 Å². The van der Waals surface area contributed by atoms with E-state index < -0.39 is 21.1 Å². The Balaban J connectivity index is 2.05. The number of rotatable bonds is 4. The summed E-state index contributed by atoms with van der Waals surface area (Å²) in [6.45, 7) is 1.70. The van der Waals surface area contributed by atoms with Gasteiger partial charge in [-0.1, -0.05) is 6.07 Å². The number of carbonyl (C=O) groups excluding carboxylic acids is 1. The van der Waals surface area contributed by atoms with Gasteiger partial charge in [0.05, 0.1) is 22.8 Å². The molecule has 0 fully saturated rings. The quantitative estimate of drug-likeness (QED) is 0.633. The van der Waals surface area contributed by atoms with Crippen molar-refractivity contribution in [3.8, 4) is 0 Å². The standard InChI is InChI=1S/C14H12BrN5O4S/c1-8-4-5-9(12(21)24-2)10(15)11(8)19-25(22,23)14-17-13-16-6-3-7-20(13)18-14/h3-7,19H,1-2H3. The molecule has 9 nitrogen and oxygen atoms in total. The van der Waals surface area contributed by atoms with Gasteiger partial charge in [-0.15, -0.1) is 5.10 Å². The van der Waals surface area contributed by atoms with E-state index in [4.69, 9.17) is 0 Å². The second-order valence-electron chi connectivity index (χ2n) is 4.97. The first-order valence-electron chi connectivity index (χ1n) is 6.91. The molecular formula is C14H12BrN5O4S. The third-order valence-corrected chi connectivity index (χ3v) is 5.28. The molecule has 0 aliphatic carbocycles. The number of ether oxygens (including phenoxy) is 1. The molecule has 25 heavy (non-hydrogen) atoms. The molecule has 130 valence electrons. The molecule has 0 aliphatic heterocycles. The Morgan fingerprint density at radius 2 is 2.12 bits per heavy atom. The predicted molar refractivity (Wildman–Crippen MR) is 91.8 cm³/mol. The Bertz CT molecular complexity index is 1050. The molecule has 0 bridgehead atoms. The highest BCUT2D eigenvalue weighted by Crippen LogP contribution is 2.32. The zero-order valence-corrected chi connectivity index (χ0v) is 15.5. The molecular weight excluding hydrogens is 414 g/mol. The van der Waals surface area contributed by atoms with E-state index >= 15 is 0 Å². The number of anilines is 1. The molecule has 2 aromatic heterocycles. The van der Waals surface area contributed by atoms with Crippen LogP contribution >= 0.6 is 15.9 Å². The minimum atomic E-state index is -4.08. The van der Waals surface area contributed by atoms with Crippen LogP contribution in [0.3, 0.4) is 0 Å². The van der Waals surface area contributed by atoms with Gasteiger partial charge in [0.25, 0.3) is 21.0 Å². The fourth-order valence-corrected chi connectivity index (χ4v) is 3.93. The van der Waals surface area contributed by atoms with E-state index in [1.54, 1.807) is 19.1 Å². The number of nitrogens with one attached hydrogen (secondary N) is 1. The lowest BCUT2D eigenvalue weighted by molar-refractivity contribution is 0.0599. The van der Waals surface area contributed by atoms with Crippen LogP contribution in [0.2, 0.25) is 0 Å². The topological polar surface area (TPSA) is 116 Å². The van der Waals surface area contributed by atoms with E-state index in [9.17, 15) is 13.2 Å². The van der Waals surface area contributed by atoms with Gasteiger partial charge in [-0.2, -0.15) is 13.4 Å². The lowest BCUT2D eigenvalue weighted by Crippen LogP contribution is -2.17. The van der Waals surface area contributed by atoms with Crippen molar-refractivity contribution >= 4 is 43.4 Å². The van der Waals surface area contributed by atoms with Crippen LogP contribution in [-0.4, -0.2) is 41.1 Å². The van der Waals surface area contributed by atoms with Gasteiger partial charge in [0, 0.05) is 12.4 Å². The van der Waals surface area contributed by atoms with Gasteiger partial charge in [0.2, 0.25) is 0 Å². The Labute approximate surface area is 151 Å². The number of benzene rings is 1. The number of aromatic nitrogens is 4. The van der Waals surface area contributed by atoms with Crippen molar-refractivity contribution in [2.75, 3.05) is 11.8 Å². The van der Waals surface area contributed by atoms with Crippen LogP contribution in [-0.2, 0) is 14.8 Å². The van der Waals surface area contributed by atoms with Gasteiger partial charge in [0.15, 0.2) is 0 Å². The Morgan fingerprint density at radius 1 is 1.36 bits per heavy atom. The van der Waals surface area contributed by atoms with Gasteiger partial charge >= 0.3 is 5.97 Å². The second-order valence-corrected chi connectivity index (χ2v) is 7.34. The molecule has 1 N–H and O–H groups in total. The molecule has 0 radical (unpaired) electrons. The van der Waals surface area contributed by atoms with Crippen molar-refractivity contribution in [2.45, 2.75) is 12.1 Å². The number of aryl methyl sites for hydroxylation is 1. The predicted octanol–water partition coefficient (Wildman–Crippen LogP) is 1.78. The summed E-state index contributed by atoms with van der Waals surface area (Å²) in [5, 5.41) is 3.47. The summed E-state index contributed by atoms with van der Waals surface area (Å²) in [6.07, 6.45) is 3.02. The minimum Gasteiger partial charge on any atom is -0.465 e. The SMILES string of the molecule is COC(=O)c1ccc(C)c(NS(=O)(=O)c2nc3ncccn3n2)c1Br. The highest BCUT2D eigenvalue weighted by molar-refractivity contribution is 9.10. The van der Waals surface area contributed by atoms with Crippen LogP contribution in [0, 0.1) is 6.92 Å². The monoisotopic (exact) mass is 425 g/mol. The molecule has 0 atom stereocenters. The number of halogens is 1. The molecule has 0 amide bonds. The van der Waals surface area contributed by atoms with E-state index in [0.717, 1.165) is 0 Å². The maximum Gasteiger partial charge on any atom is 0.339 e. The van der Waals surface area contributed by atoms with Crippen LogP contribution < -0.4 is 4.72 Å². The molecule has 2 heterocycles. The number of carbonyl (C=O) groups is 1. The number of sulfonamides is 1. The minimum absolute atomic E-state index is 0.155. The Kier molecular flexibility index (Phi) is 4.43. The summed E-state index contributed by atoms with van der Waals surface area (Å²) < 4.78 is 33.8. The molecule has 0 saturated carbocycles. The molecule has 3 aromatic rings. The third kappa shape index (κ3) is 3.20. The van der Waals surface area contributed by atoms with Gasteiger partial charge in [0.1, 0.15) is 0 Å². The van der Waals surface area contributed by atoms with E-state index in [-0.39, 0.29) is 21.5 Å². The van der Waals surface area contributed by atoms with Crippen molar-refractivity contribution in [3.63, 3.8) is 0 Å². The van der Waals surface area contributed by atoms with Crippen LogP contribution in [0.5, 0.6) is 0 Å². The van der Waals surface area contributed by atoms with E-state index in [1.807, 2.05) is 0 Å². The van der Waals surface area contributed by atoms with Crippen LogP contribution in [0.15, 0.2) is 40.2 Å². The molecule has 11 heteroatoms. The maximum atomic E-state index is 12.6. The van der Waals surface area contributed by atoms with Gasteiger partial charge < -0.3 is 4.74 Å². The van der Waals surface area contributed by atoms with Gasteiger partial charge in [-0.25, -0.2) is 14.3 Å². The number of fused-ring (bicyclic) bond motifs is 1. The van der Waals surface area contributed by atoms with Gasteiger partial charge in [-0.3, -0.25) is 4.72 Å². The summed E-state index contributed by atoms with van der Waals surface area (Å²) in [5.74, 6) is -0.440. The van der Waals surface area contributed by atoms with Crippen molar-refractivity contribution in [1.82, 2.24) is 19.6 Å². The summed E-state index contributed by atoms with van der Waals surface area (Å²) in [5.41, 5.74) is 0.995. The third-order valence-electron chi connectivity index (χ3n) is 3.33. The van der Waals surface area contributed by atoms with Crippen LogP contribution in [0.4, 0.5) is 5.69 Å². The van der Waals surface area contributed by atoms with E-state index in [2.05, 4.69) is 40.5 Å². The normalized spacial score (nSPS) is 11.5. The number of methoxy groups -OCH3 is 1. The maximum absolute atomic E-state index is 12.6. The fourth-order valence-electron chi connectivity index (χ4n) is 2.07. The number of hydrogen-bond donors (Lipinski definition) is 1. The smallest absolute Gasteiger partial charge is 0.339 e. The molecule has 0 spiro atoms. The highest BCUT2D eigenvalue weighted by atomic mass is 79.9. The van der Waals surface area contributed by atoms with Crippen molar-refractivity contribution < 1.29 is 17.9 Å². The fraction of sp³-hybridized carbons (Fsp3) is 0.143. The lowest BCUT2D eigenvalue weighted by Gasteiger charge is -2.13. The number of esters is 1. The summed E-state index contributed by atoms with van der Waals surface area (Å²) in [7, 11) is -2.84. The average Bonchev–Trinajstić information content (AvgIpc) is 3.03. The second kappa shape index (κ2) is 6.41. The summed E-state index contributed by atoms with van der Waals surface area (Å²) >= 11 is 3.25. The summed E-state index contributed by atoms with van der Waals surface area (Å²) in [6, 6.07) is 4.75. The first-order chi connectivity index (χ1) is 11.8. The van der Waals surface area contributed by atoms with E-state index in [1.165, 1.54) is 30.1 Å². The Hall–Kier alpha value is -2.53. The van der Waals surface area contributed by atoms with Crippen molar-refractivity contribution in [1.29, 1.82) is 0 Å². The summed E-state index contributed by atoms with van der Waals surface area (Å²) in [4.78, 5) is 19.6. The largest absolute Gasteiger partial charge is 0.465 e. The average molecular weight is 426 g/mol. The molecule has 0 aliphatic rings. The highest BCUT2D eigenvalue weighted by Gasteiger charge is 2.24. The first kappa shape index (κ1) is 17.3. The number of nitrogens with zero attached hydrogens (tertiary/aromatic N) is 4. The zero-order chi connectivity index (χ0) is 18.2. The Morgan fingerprint density at radius 3 is 2.80 bits per heavy atom. The molecule has 0 saturated heterocycles. The van der Waals surface area contributed by atoms with Crippen molar-refractivity contribution in [2.24, 2.45) is 0 Å². The first-order valence-corrected chi connectivity index (χ1v) is 9.19. The number of hydrogen-bond acceptors (Lipinski definition) is 7.